The molecule has 1 aromatic heterocycles. The van der Waals surface area contributed by atoms with Gasteiger partial charge in [0.25, 0.3) is 0 Å². The molecule has 0 fully saturated rings. The Hall–Kier alpha value is -1.29. The van der Waals surface area contributed by atoms with E-state index in [0.717, 1.165) is 17.1 Å². The lowest BCUT2D eigenvalue weighted by Gasteiger charge is -2.04. The topological polar surface area (TPSA) is 45.4 Å². The summed E-state index contributed by atoms with van der Waals surface area (Å²) in [6, 6.07) is 11.4. The fourth-order valence-corrected chi connectivity index (χ4v) is 1.86. The van der Waals surface area contributed by atoms with Crippen LogP contribution in [-0.2, 0) is 6.54 Å². The van der Waals surface area contributed by atoms with E-state index in [1.807, 2.05) is 36.4 Å². The summed E-state index contributed by atoms with van der Waals surface area (Å²) >= 11 is 5.94. The molecule has 2 aromatic rings. The van der Waals surface area contributed by atoms with Crippen molar-refractivity contribution in [2.75, 3.05) is 6.54 Å². The summed E-state index contributed by atoms with van der Waals surface area (Å²) in [6.45, 7) is 2.89. The van der Waals surface area contributed by atoms with Crippen molar-refractivity contribution >= 4 is 11.6 Å². The number of furan rings is 1. The zero-order chi connectivity index (χ0) is 13.0. The Morgan fingerprint density at radius 2 is 2.17 bits per heavy atom. The van der Waals surface area contributed by atoms with Crippen LogP contribution in [0, 0.1) is 0 Å². The first kappa shape index (κ1) is 13.1. The number of rotatable bonds is 5. The minimum absolute atomic E-state index is 0.354. The van der Waals surface area contributed by atoms with Gasteiger partial charge in [0.15, 0.2) is 0 Å². The summed E-state index contributed by atoms with van der Waals surface area (Å²) in [7, 11) is 0. The van der Waals surface area contributed by atoms with Crippen LogP contribution in [0.25, 0.3) is 11.3 Å². The predicted octanol–water partition coefficient (Wildman–Crippen LogP) is 3.07. The zero-order valence-electron chi connectivity index (χ0n) is 10.2. The number of hydrogen-bond donors (Lipinski definition) is 2. The molecule has 0 saturated heterocycles. The number of hydrogen-bond acceptors (Lipinski definition) is 3. The van der Waals surface area contributed by atoms with Gasteiger partial charge in [-0.2, -0.15) is 0 Å². The van der Waals surface area contributed by atoms with Gasteiger partial charge in [0.1, 0.15) is 11.5 Å². The largest absolute Gasteiger partial charge is 0.460 e. The summed E-state index contributed by atoms with van der Waals surface area (Å²) < 4.78 is 5.70. The van der Waals surface area contributed by atoms with Crippen LogP contribution < -0.4 is 5.32 Å². The quantitative estimate of drug-likeness (QED) is 0.873. The van der Waals surface area contributed by atoms with Crippen molar-refractivity contribution in [2.45, 2.75) is 19.6 Å². The third kappa shape index (κ3) is 3.60. The van der Waals surface area contributed by atoms with Crippen LogP contribution in [-0.4, -0.2) is 17.8 Å². The van der Waals surface area contributed by atoms with Gasteiger partial charge >= 0.3 is 0 Å². The third-order valence-corrected chi connectivity index (χ3v) is 2.74. The molecule has 0 unspecified atom stereocenters. The predicted molar refractivity (Wildman–Crippen MR) is 72.5 cm³/mol. The van der Waals surface area contributed by atoms with Crippen molar-refractivity contribution in [3.63, 3.8) is 0 Å². The maximum absolute atomic E-state index is 9.14. The number of nitrogens with one attached hydrogen (secondary N) is 1. The van der Waals surface area contributed by atoms with E-state index in [9.17, 15) is 0 Å². The summed E-state index contributed by atoms with van der Waals surface area (Å²) in [5, 5.41) is 12.9. The van der Waals surface area contributed by atoms with E-state index in [0.29, 0.717) is 18.1 Å². The first-order valence-electron chi connectivity index (χ1n) is 5.88. The van der Waals surface area contributed by atoms with Crippen molar-refractivity contribution in [2.24, 2.45) is 0 Å². The van der Waals surface area contributed by atoms with Gasteiger partial charge in [-0.3, -0.25) is 0 Å². The van der Waals surface area contributed by atoms with Crippen LogP contribution in [0.5, 0.6) is 0 Å². The molecule has 0 amide bonds. The summed E-state index contributed by atoms with van der Waals surface area (Å²) in [6.07, 6.45) is -0.354. The first-order valence-corrected chi connectivity index (χ1v) is 6.26. The second-order valence-electron chi connectivity index (χ2n) is 4.26. The molecule has 18 heavy (non-hydrogen) atoms. The van der Waals surface area contributed by atoms with Crippen molar-refractivity contribution in [1.82, 2.24) is 5.32 Å². The highest BCUT2D eigenvalue weighted by Gasteiger charge is 2.05. The standard InChI is InChI=1S/C14H16ClNO2/c1-10(17)8-16-9-13-5-6-14(18-13)11-3-2-4-12(15)7-11/h2-7,10,16-17H,8-9H2,1H3/t10-/m0/s1. The average molecular weight is 266 g/mol. The molecule has 1 heterocycles. The Morgan fingerprint density at radius 3 is 2.89 bits per heavy atom. The summed E-state index contributed by atoms with van der Waals surface area (Å²) in [5.41, 5.74) is 0.962. The Balaban J connectivity index is 2.02. The van der Waals surface area contributed by atoms with Gasteiger partial charge in [0.2, 0.25) is 0 Å². The van der Waals surface area contributed by atoms with Crippen LogP contribution >= 0.6 is 11.6 Å². The SMILES string of the molecule is C[C@H](O)CNCc1ccc(-c2cccc(Cl)c2)o1. The monoisotopic (exact) mass is 265 g/mol. The van der Waals surface area contributed by atoms with E-state index in [1.165, 1.54) is 0 Å². The highest BCUT2D eigenvalue weighted by Crippen LogP contribution is 2.24. The average Bonchev–Trinajstić information content (AvgIpc) is 2.77. The minimum Gasteiger partial charge on any atom is -0.460 e. The van der Waals surface area contributed by atoms with Crippen LogP contribution in [0.2, 0.25) is 5.02 Å². The zero-order valence-corrected chi connectivity index (χ0v) is 10.9. The van der Waals surface area contributed by atoms with Crippen LogP contribution in [0.15, 0.2) is 40.8 Å². The fraction of sp³-hybridized carbons (Fsp3) is 0.286. The van der Waals surface area contributed by atoms with Crippen LogP contribution in [0.3, 0.4) is 0 Å². The smallest absolute Gasteiger partial charge is 0.134 e. The van der Waals surface area contributed by atoms with Gasteiger partial charge in [-0.05, 0) is 31.2 Å². The molecule has 0 radical (unpaired) electrons. The maximum Gasteiger partial charge on any atom is 0.134 e. The highest BCUT2D eigenvalue weighted by molar-refractivity contribution is 6.30. The molecular formula is C14H16ClNO2. The van der Waals surface area contributed by atoms with E-state index < -0.39 is 0 Å². The highest BCUT2D eigenvalue weighted by atomic mass is 35.5. The fourth-order valence-electron chi connectivity index (χ4n) is 1.67. The Kier molecular flexibility index (Phi) is 4.42. The third-order valence-electron chi connectivity index (χ3n) is 2.51. The number of halogens is 1. The normalized spacial score (nSPS) is 12.6. The van der Waals surface area contributed by atoms with Gasteiger partial charge in [-0.1, -0.05) is 23.7 Å². The molecule has 0 aliphatic carbocycles. The number of aliphatic hydroxyl groups excluding tert-OH is 1. The van der Waals surface area contributed by atoms with Gasteiger partial charge in [-0.25, -0.2) is 0 Å². The van der Waals surface area contributed by atoms with Crippen molar-refractivity contribution in [1.29, 1.82) is 0 Å². The van der Waals surface area contributed by atoms with Crippen LogP contribution in [0.1, 0.15) is 12.7 Å². The molecule has 2 rings (SSSR count). The molecule has 1 aromatic carbocycles. The molecule has 0 spiro atoms. The van der Waals surface area contributed by atoms with Gasteiger partial charge in [0.05, 0.1) is 12.6 Å². The van der Waals surface area contributed by atoms with Crippen LogP contribution in [0.4, 0.5) is 0 Å². The van der Waals surface area contributed by atoms with Crippen molar-refractivity contribution in [3.05, 3.63) is 47.2 Å². The van der Waals surface area contributed by atoms with E-state index in [1.54, 1.807) is 6.92 Å². The molecule has 0 bridgehead atoms. The van der Waals surface area contributed by atoms with Gasteiger partial charge < -0.3 is 14.8 Å². The molecular weight excluding hydrogens is 250 g/mol. The van der Waals surface area contributed by atoms with Gasteiger partial charge in [-0.15, -0.1) is 0 Å². The van der Waals surface area contributed by atoms with Gasteiger partial charge in [0, 0.05) is 17.1 Å². The molecule has 4 heteroatoms. The second-order valence-corrected chi connectivity index (χ2v) is 4.69. The molecule has 0 aliphatic rings. The molecule has 3 nitrogen and oxygen atoms in total. The number of aliphatic hydroxyl groups is 1. The van der Waals surface area contributed by atoms with Crippen molar-refractivity contribution < 1.29 is 9.52 Å². The molecule has 0 aliphatic heterocycles. The summed E-state index contributed by atoms with van der Waals surface area (Å²) in [4.78, 5) is 0. The van der Waals surface area contributed by atoms with E-state index in [-0.39, 0.29) is 6.10 Å². The lowest BCUT2D eigenvalue weighted by atomic mass is 10.2. The Morgan fingerprint density at radius 1 is 1.33 bits per heavy atom. The molecule has 0 saturated carbocycles. The van der Waals surface area contributed by atoms with Crippen molar-refractivity contribution in [3.8, 4) is 11.3 Å². The maximum atomic E-state index is 9.14. The minimum atomic E-state index is -0.354. The van der Waals surface area contributed by atoms with E-state index in [4.69, 9.17) is 21.1 Å². The van der Waals surface area contributed by atoms with E-state index in [2.05, 4.69) is 5.32 Å². The molecule has 96 valence electrons. The summed E-state index contributed by atoms with van der Waals surface area (Å²) in [5.74, 6) is 1.64. The number of benzene rings is 1. The van der Waals surface area contributed by atoms with E-state index >= 15 is 0 Å². The molecule has 2 N–H and O–H groups in total. The molecule has 1 atom stereocenters. The Labute approximate surface area is 111 Å². The first-order chi connectivity index (χ1) is 8.65. The Bertz CT molecular complexity index is 508. The lowest BCUT2D eigenvalue weighted by Crippen LogP contribution is -2.23. The second kappa shape index (κ2) is 6.05. The lowest BCUT2D eigenvalue weighted by molar-refractivity contribution is 0.190.